The second kappa shape index (κ2) is 6.80. The van der Waals surface area contributed by atoms with Gasteiger partial charge in [-0.05, 0) is 43.3 Å². The Balaban J connectivity index is 1.74. The molecule has 1 unspecified atom stereocenters. The van der Waals surface area contributed by atoms with Crippen molar-refractivity contribution in [2.45, 2.75) is 13.0 Å². The van der Waals surface area contributed by atoms with Crippen LogP contribution in [0.15, 0.2) is 53.1 Å². The van der Waals surface area contributed by atoms with Crippen LogP contribution < -0.4 is 5.32 Å². The Labute approximate surface area is 142 Å². The minimum atomic E-state index is -0.504. The lowest BCUT2D eigenvalue weighted by Gasteiger charge is -2.10. The van der Waals surface area contributed by atoms with Crippen molar-refractivity contribution in [3.05, 3.63) is 70.8 Å². The second-order valence-corrected chi connectivity index (χ2v) is 5.55. The highest BCUT2D eigenvalue weighted by molar-refractivity contribution is 6.33. The van der Waals surface area contributed by atoms with Gasteiger partial charge in [0.25, 0.3) is 5.91 Å². The van der Waals surface area contributed by atoms with Gasteiger partial charge in [-0.1, -0.05) is 28.9 Å². The number of rotatable bonds is 4. The molecule has 0 radical (unpaired) electrons. The number of halogens is 2. The van der Waals surface area contributed by atoms with Gasteiger partial charge >= 0.3 is 0 Å². The first-order chi connectivity index (χ1) is 11.5. The first-order valence-corrected chi connectivity index (χ1v) is 7.57. The lowest BCUT2D eigenvalue weighted by molar-refractivity contribution is 0.0932. The van der Waals surface area contributed by atoms with Crippen LogP contribution in [-0.2, 0) is 0 Å². The van der Waals surface area contributed by atoms with Crippen LogP contribution in [0.4, 0.5) is 4.39 Å². The molecule has 1 heterocycles. The molecule has 0 saturated carbocycles. The summed E-state index contributed by atoms with van der Waals surface area (Å²) in [5, 5.41) is 6.96. The van der Waals surface area contributed by atoms with Crippen molar-refractivity contribution >= 4 is 17.5 Å². The molecule has 5 nitrogen and oxygen atoms in total. The van der Waals surface area contributed by atoms with E-state index in [0.717, 1.165) is 0 Å². The minimum absolute atomic E-state index is 0.245. The molecule has 0 bridgehead atoms. The summed E-state index contributed by atoms with van der Waals surface area (Å²) in [6.45, 7) is 1.72. The second-order valence-electron chi connectivity index (χ2n) is 5.14. The van der Waals surface area contributed by atoms with E-state index in [1.54, 1.807) is 43.3 Å². The maximum atomic E-state index is 13.0. The van der Waals surface area contributed by atoms with Gasteiger partial charge in [-0.2, -0.15) is 4.98 Å². The SMILES string of the molecule is CC(NC(=O)c1ccccc1Cl)c1nc(-c2ccc(F)cc2)no1. The topological polar surface area (TPSA) is 68.0 Å². The van der Waals surface area contributed by atoms with E-state index in [1.165, 1.54) is 12.1 Å². The van der Waals surface area contributed by atoms with E-state index in [9.17, 15) is 9.18 Å². The van der Waals surface area contributed by atoms with E-state index in [-0.39, 0.29) is 17.6 Å². The average molecular weight is 346 g/mol. The van der Waals surface area contributed by atoms with Crippen LogP contribution in [0.1, 0.15) is 29.2 Å². The van der Waals surface area contributed by atoms with Gasteiger partial charge in [0.1, 0.15) is 11.9 Å². The quantitative estimate of drug-likeness (QED) is 0.775. The fourth-order valence-corrected chi connectivity index (χ4v) is 2.33. The number of nitrogens with zero attached hydrogens (tertiary/aromatic N) is 2. The zero-order valence-electron chi connectivity index (χ0n) is 12.7. The molecule has 1 N–H and O–H groups in total. The van der Waals surface area contributed by atoms with Crippen molar-refractivity contribution in [2.24, 2.45) is 0 Å². The highest BCUT2D eigenvalue weighted by Gasteiger charge is 2.19. The predicted octanol–water partition coefficient (Wildman–Crippen LogP) is 4.02. The Hall–Kier alpha value is -2.73. The summed E-state index contributed by atoms with van der Waals surface area (Å²) in [7, 11) is 0. The molecule has 0 aliphatic rings. The van der Waals surface area contributed by atoms with Crippen molar-refractivity contribution < 1.29 is 13.7 Å². The van der Waals surface area contributed by atoms with Crippen molar-refractivity contribution in [3.8, 4) is 11.4 Å². The van der Waals surface area contributed by atoms with E-state index in [1.807, 2.05) is 0 Å². The van der Waals surface area contributed by atoms with Crippen molar-refractivity contribution in [3.63, 3.8) is 0 Å². The Morgan fingerprint density at radius 2 is 1.92 bits per heavy atom. The summed E-state index contributed by atoms with van der Waals surface area (Å²) >= 11 is 6.00. The summed E-state index contributed by atoms with van der Waals surface area (Å²) in [5.41, 5.74) is 0.986. The molecule has 0 aliphatic carbocycles. The number of carbonyl (C=O) groups excluding carboxylic acids is 1. The Kier molecular flexibility index (Phi) is 4.57. The van der Waals surface area contributed by atoms with Crippen LogP contribution in [0.25, 0.3) is 11.4 Å². The molecule has 1 amide bonds. The highest BCUT2D eigenvalue weighted by atomic mass is 35.5. The predicted molar refractivity (Wildman–Crippen MR) is 87.0 cm³/mol. The van der Waals surface area contributed by atoms with Crippen LogP contribution in [0.3, 0.4) is 0 Å². The van der Waals surface area contributed by atoms with E-state index >= 15 is 0 Å². The van der Waals surface area contributed by atoms with Gasteiger partial charge in [0.2, 0.25) is 11.7 Å². The third kappa shape index (κ3) is 3.44. The molecule has 7 heteroatoms. The normalized spacial score (nSPS) is 12.0. The maximum Gasteiger partial charge on any atom is 0.253 e. The van der Waals surface area contributed by atoms with Crippen LogP contribution in [0.2, 0.25) is 5.02 Å². The summed E-state index contributed by atoms with van der Waals surface area (Å²) in [6.07, 6.45) is 0. The molecule has 1 aromatic heterocycles. The lowest BCUT2D eigenvalue weighted by Crippen LogP contribution is -2.27. The molecule has 3 rings (SSSR count). The van der Waals surface area contributed by atoms with Gasteiger partial charge in [-0.25, -0.2) is 4.39 Å². The van der Waals surface area contributed by atoms with Crippen LogP contribution in [-0.4, -0.2) is 16.0 Å². The summed E-state index contributed by atoms with van der Waals surface area (Å²) < 4.78 is 18.1. The molecule has 0 saturated heterocycles. The van der Waals surface area contributed by atoms with Crippen molar-refractivity contribution in [2.75, 3.05) is 0 Å². The van der Waals surface area contributed by atoms with Gasteiger partial charge in [0.05, 0.1) is 10.6 Å². The zero-order valence-corrected chi connectivity index (χ0v) is 13.4. The molecule has 24 heavy (non-hydrogen) atoms. The average Bonchev–Trinajstić information content (AvgIpc) is 3.06. The number of nitrogens with one attached hydrogen (secondary N) is 1. The molecular formula is C17H13ClFN3O2. The van der Waals surface area contributed by atoms with Gasteiger partial charge < -0.3 is 9.84 Å². The first-order valence-electron chi connectivity index (χ1n) is 7.19. The summed E-state index contributed by atoms with van der Waals surface area (Å²) in [6, 6.07) is 12.0. The fraction of sp³-hybridized carbons (Fsp3) is 0.118. The highest BCUT2D eigenvalue weighted by Crippen LogP contribution is 2.20. The third-order valence-electron chi connectivity index (χ3n) is 3.38. The monoisotopic (exact) mass is 345 g/mol. The van der Waals surface area contributed by atoms with Crippen LogP contribution >= 0.6 is 11.6 Å². The van der Waals surface area contributed by atoms with Gasteiger partial charge in [0, 0.05) is 5.56 Å². The number of carbonyl (C=O) groups is 1. The minimum Gasteiger partial charge on any atom is -0.340 e. The summed E-state index contributed by atoms with van der Waals surface area (Å²) in [4.78, 5) is 16.5. The molecule has 0 aliphatic heterocycles. The van der Waals surface area contributed by atoms with Crippen molar-refractivity contribution in [1.82, 2.24) is 15.5 Å². The Bertz CT molecular complexity index is 864. The van der Waals surface area contributed by atoms with E-state index in [4.69, 9.17) is 16.1 Å². The number of hydrogen-bond acceptors (Lipinski definition) is 4. The van der Waals surface area contributed by atoms with Crippen LogP contribution in [0, 0.1) is 5.82 Å². The molecule has 0 fully saturated rings. The fourth-order valence-electron chi connectivity index (χ4n) is 2.11. The first kappa shape index (κ1) is 16.1. The molecule has 0 spiro atoms. The maximum absolute atomic E-state index is 13.0. The smallest absolute Gasteiger partial charge is 0.253 e. The Morgan fingerprint density at radius 3 is 2.62 bits per heavy atom. The largest absolute Gasteiger partial charge is 0.340 e. The van der Waals surface area contributed by atoms with E-state index in [2.05, 4.69) is 15.5 Å². The van der Waals surface area contributed by atoms with Gasteiger partial charge in [0.15, 0.2) is 0 Å². The van der Waals surface area contributed by atoms with Gasteiger partial charge in [-0.3, -0.25) is 4.79 Å². The van der Waals surface area contributed by atoms with E-state index in [0.29, 0.717) is 22.0 Å². The zero-order chi connectivity index (χ0) is 17.1. The third-order valence-corrected chi connectivity index (χ3v) is 3.71. The molecule has 2 aromatic carbocycles. The number of amides is 1. The molecular weight excluding hydrogens is 333 g/mol. The number of aromatic nitrogens is 2. The molecule has 1 atom stereocenters. The van der Waals surface area contributed by atoms with E-state index < -0.39 is 6.04 Å². The molecule has 3 aromatic rings. The number of hydrogen-bond donors (Lipinski definition) is 1. The Morgan fingerprint density at radius 1 is 1.21 bits per heavy atom. The standard InChI is InChI=1S/C17H13ClFN3O2/c1-10(20-16(23)13-4-2-3-5-14(13)18)17-21-15(22-24-17)11-6-8-12(19)9-7-11/h2-10H,1H3,(H,20,23). The van der Waals surface area contributed by atoms with Crippen LogP contribution in [0.5, 0.6) is 0 Å². The van der Waals surface area contributed by atoms with Crippen molar-refractivity contribution in [1.29, 1.82) is 0 Å². The number of benzene rings is 2. The lowest BCUT2D eigenvalue weighted by atomic mass is 10.2. The summed E-state index contributed by atoms with van der Waals surface area (Å²) in [5.74, 6) is -0.115. The molecule has 122 valence electrons. The van der Waals surface area contributed by atoms with Gasteiger partial charge in [-0.15, -0.1) is 0 Å².